The molecule has 4 atom stereocenters. The molecule has 2 rings (SSSR count). The van der Waals surface area contributed by atoms with Crippen molar-refractivity contribution in [2.45, 2.75) is 66.7 Å². The standard InChI is InChI=1S/C16H28O/c1-6-12-13-7-8-14(17)16(13,5)10-9-15(12,4)11(2)3/h11-13H,6-10H2,1-5H3/t12-,13?,15-,16-/m0/s1. The van der Waals surface area contributed by atoms with E-state index in [2.05, 4.69) is 34.6 Å². The Morgan fingerprint density at radius 3 is 2.47 bits per heavy atom. The van der Waals surface area contributed by atoms with Crippen molar-refractivity contribution in [3.63, 3.8) is 0 Å². The number of ketones is 1. The van der Waals surface area contributed by atoms with Gasteiger partial charge in [0, 0.05) is 11.8 Å². The molecule has 1 nitrogen and oxygen atoms in total. The van der Waals surface area contributed by atoms with E-state index < -0.39 is 0 Å². The molecule has 2 aliphatic carbocycles. The summed E-state index contributed by atoms with van der Waals surface area (Å²) in [6.45, 7) is 11.8. The second-order valence-electron chi connectivity index (χ2n) is 7.16. The van der Waals surface area contributed by atoms with E-state index in [4.69, 9.17) is 0 Å². The van der Waals surface area contributed by atoms with Crippen molar-refractivity contribution in [3.05, 3.63) is 0 Å². The lowest BCUT2D eigenvalue weighted by Crippen LogP contribution is -2.48. The highest BCUT2D eigenvalue weighted by Crippen LogP contribution is 2.61. The second-order valence-corrected chi connectivity index (χ2v) is 7.16. The van der Waals surface area contributed by atoms with Crippen molar-refractivity contribution < 1.29 is 4.79 Å². The molecule has 1 unspecified atom stereocenters. The molecule has 1 heteroatoms. The molecule has 0 aromatic heterocycles. The van der Waals surface area contributed by atoms with Gasteiger partial charge in [-0.3, -0.25) is 4.79 Å². The molecular weight excluding hydrogens is 208 g/mol. The van der Waals surface area contributed by atoms with Gasteiger partial charge < -0.3 is 0 Å². The maximum absolute atomic E-state index is 12.2. The van der Waals surface area contributed by atoms with Gasteiger partial charge in [0.1, 0.15) is 5.78 Å². The van der Waals surface area contributed by atoms with Crippen molar-refractivity contribution >= 4 is 5.78 Å². The Kier molecular flexibility index (Phi) is 3.16. The number of fused-ring (bicyclic) bond motifs is 1. The lowest BCUT2D eigenvalue weighted by molar-refractivity contribution is -0.133. The molecule has 0 aromatic rings. The van der Waals surface area contributed by atoms with Crippen molar-refractivity contribution in [1.29, 1.82) is 0 Å². The van der Waals surface area contributed by atoms with E-state index in [9.17, 15) is 4.79 Å². The summed E-state index contributed by atoms with van der Waals surface area (Å²) in [7, 11) is 0. The number of hydrogen-bond donors (Lipinski definition) is 0. The van der Waals surface area contributed by atoms with E-state index in [0.29, 0.717) is 17.1 Å². The van der Waals surface area contributed by atoms with Gasteiger partial charge in [0.05, 0.1) is 0 Å². The molecule has 0 aliphatic heterocycles. The summed E-state index contributed by atoms with van der Waals surface area (Å²) in [6, 6.07) is 0. The van der Waals surface area contributed by atoms with E-state index >= 15 is 0 Å². The lowest BCUT2D eigenvalue weighted by atomic mass is 9.51. The van der Waals surface area contributed by atoms with Crippen molar-refractivity contribution in [2.75, 3.05) is 0 Å². The van der Waals surface area contributed by atoms with Gasteiger partial charge in [-0.2, -0.15) is 0 Å². The van der Waals surface area contributed by atoms with Crippen molar-refractivity contribution in [1.82, 2.24) is 0 Å². The fraction of sp³-hybridized carbons (Fsp3) is 0.938. The molecule has 2 aliphatic rings. The SMILES string of the molecule is CC[C@H]1C2CCC(=O)[C@@]2(C)CC[C@@]1(C)C(C)C. The third-order valence-electron chi connectivity index (χ3n) is 6.41. The first kappa shape index (κ1) is 13.1. The Morgan fingerprint density at radius 2 is 1.94 bits per heavy atom. The Hall–Kier alpha value is -0.330. The first-order valence-electron chi connectivity index (χ1n) is 7.39. The largest absolute Gasteiger partial charge is 0.299 e. The fourth-order valence-electron chi connectivity index (χ4n) is 4.71. The van der Waals surface area contributed by atoms with Crippen LogP contribution in [0.15, 0.2) is 0 Å². The minimum Gasteiger partial charge on any atom is -0.299 e. The number of rotatable bonds is 2. The number of Topliss-reactive ketones (excluding diaryl/α,β-unsaturated/α-hetero) is 1. The van der Waals surface area contributed by atoms with Gasteiger partial charge in [-0.05, 0) is 42.4 Å². The van der Waals surface area contributed by atoms with Crippen LogP contribution in [0.1, 0.15) is 66.7 Å². The number of hydrogen-bond acceptors (Lipinski definition) is 1. The molecule has 0 radical (unpaired) electrons. The van der Waals surface area contributed by atoms with Crippen LogP contribution in [0.4, 0.5) is 0 Å². The molecule has 2 saturated carbocycles. The van der Waals surface area contributed by atoms with Crippen LogP contribution in [0.2, 0.25) is 0 Å². The molecule has 17 heavy (non-hydrogen) atoms. The topological polar surface area (TPSA) is 17.1 Å². The van der Waals surface area contributed by atoms with Gasteiger partial charge in [-0.15, -0.1) is 0 Å². The summed E-state index contributed by atoms with van der Waals surface area (Å²) in [6.07, 6.45) is 5.59. The van der Waals surface area contributed by atoms with Crippen molar-refractivity contribution in [2.24, 2.45) is 28.6 Å². The average molecular weight is 236 g/mol. The maximum Gasteiger partial charge on any atom is 0.139 e. The maximum atomic E-state index is 12.2. The highest BCUT2D eigenvalue weighted by molar-refractivity contribution is 5.87. The molecule has 0 spiro atoms. The molecule has 2 fully saturated rings. The first-order valence-corrected chi connectivity index (χ1v) is 7.39. The highest BCUT2D eigenvalue weighted by Gasteiger charge is 2.57. The molecule has 98 valence electrons. The van der Waals surface area contributed by atoms with Crippen LogP contribution in [0.25, 0.3) is 0 Å². The zero-order valence-corrected chi connectivity index (χ0v) is 12.2. The Bertz CT molecular complexity index is 319. The zero-order valence-electron chi connectivity index (χ0n) is 12.2. The third-order valence-corrected chi connectivity index (χ3v) is 6.41. The van der Waals surface area contributed by atoms with Gasteiger partial charge in [-0.25, -0.2) is 0 Å². The first-order chi connectivity index (χ1) is 7.86. The lowest BCUT2D eigenvalue weighted by Gasteiger charge is -2.53. The number of carbonyl (C=O) groups excluding carboxylic acids is 1. The van der Waals surface area contributed by atoms with Crippen LogP contribution in [0.5, 0.6) is 0 Å². The predicted molar refractivity (Wildman–Crippen MR) is 71.8 cm³/mol. The van der Waals surface area contributed by atoms with Crippen LogP contribution < -0.4 is 0 Å². The fourth-order valence-corrected chi connectivity index (χ4v) is 4.71. The molecule has 0 N–H and O–H groups in total. The molecule has 0 heterocycles. The highest BCUT2D eigenvalue weighted by atomic mass is 16.1. The van der Waals surface area contributed by atoms with Crippen LogP contribution >= 0.6 is 0 Å². The van der Waals surface area contributed by atoms with E-state index in [1.165, 1.54) is 12.8 Å². The molecule has 0 aromatic carbocycles. The Balaban J connectivity index is 2.34. The van der Waals surface area contributed by atoms with Gasteiger partial charge in [-0.1, -0.05) is 41.0 Å². The third kappa shape index (κ3) is 1.69. The van der Waals surface area contributed by atoms with Gasteiger partial charge in [0.25, 0.3) is 0 Å². The van der Waals surface area contributed by atoms with E-state index in [0.717, 1.165) is 31.1 Å². The van der Waals surface area contributed by atoms with Gasteiger partial charge in [0.15, 0.2) is 0 Å². The second kappa shape index (κ2) is 4.10. The summed E-state index contributed by atoms with van der Waals surface area (Å²) in [4.78, 5) is 12.2. The van der Waals surface area contributed by atoms with Crippen LogP contribution in [-0.4, -0.2) is 5.78 Å². The normalized spacial score (nSPS) is 46.4. The Labute approximate surface area is 106 Å². The van der Waals surface area contributed by atoms with Crippen LogP contribution in [-0.2, 0) is 4.79 Å². The minimum atomic E-state index is 0.0229. The average Bonchev–Trinajstić information content (AvgIpc) is 2.57. The van der Waals surface area contributed by atoms with Gasteiger partial charge in [0.2, 0.25) is 0 Å². The van der Waals surface area contributed by atoms with Crippen LogP contribution in [0, 0.1) is 28.6 Å². The summed E-state index contributed by atoms with van der Waals surface area (Å²) < 4.78 is 0. The summed E-state index contributed by atoms with van der Waals surface area (Å²) in [5.41, 5.74) is 0.471. The quantitative estimate of drug-likeness (QED) is 0.692. The summed E-state index contributed by atoms with van der Waals surface area (Å²) in [5, 5.41) is 0. The zero-order chi connectivity index (χ0) is 12.8. The molecular formula is C16H28O. The minimum absolute atomic E-state index is 0.0229. The van der Waals surface area contributed by atoms with Crippen LogP contribution in [0.3, 0.4) is 0 Å². The van der Waals surface area contributed by atoms with E-state index in [1.54, 1.807) is 0 Å². The smallest absolute Gasteiger partial charge is 0.139 e. The molecule has 0 amide bonds. The van der Waals surface area contributed by atoms with E-state index in [1.807, 2.05) is 0 Å². The van der Waals surface area contributed by atoms with Crippen molar-refractivity contribution in [3.8, 4) is 0 Å². The number of carbonyl (C=O) groups is 1. The monoisotopic (exact) mass is 236 g/mol. The summed E-state index contributed by atoms with van der Waals surface area (Å²) >= 11 is 0. The molecule has 0 bridgehead atoms. The van der Waals surface area contributed by atoms with E-state index in [-0.39, 0.29) is 5.41 Å². The predicted octanol–water partition coefficient (Wildman–Crippen LogP) is 4.45. The molecule has 0 saturated heterocycles. The Morgan fingerprint density at radius 1 is 1.29 bits per heavy atom. The van der Waals surface area contributed by atoms with Gasteiger partial charge >= 0.3 is 0 Å². The summed E-state index contributed by atoms with van der Waals surface area (Å²) in [5.74, 6) is 2.67.